The zero-order chi connectivity index (χ0) is 13.8. The second-order valence-corrected chi connectivity index (χ2v) is 5.63. The van der Waals surface area contributed by atoms with Crippen LogP contribution in [0.25, 0.3) is 11.3 Å². The Morgan fingerprint density at radius 3 is 2.89 bits per heavy atom. The van der Waals surface area contributed by atoms with Gasteiger partial charge >= 0.3 is 0 Å². The summed E-state index contributed by atoms with van der Waals surface area (Å²) in [5.74, 6) is 1.57. The highest BCUT2D eigenvalue weighted by Crippen LogP contribution is 2.25. The first kappa shape index (κ1) is 14.2. The highest BCUT2D eigenvalue weighted by molar-refractivity contribution is 9.10. The lowest BCUT2D eigenvalue weighted by Gasteiger charge is -2.04. The van der Waals surface area contributed by atoms with Gasteiger partial charge in [0.2, 0.25) is 5.89 Å². The summed E-state index contributed by atoms with van der Waals surface area (Å²) in [6, 6.07) is 4.76. The Morgan fingerprint density at radius 1 is 1.42 bits per heavy atom. The fourth-order valence-electron chi connectivity index (χ4n) is 1.64. The maximum atomic E-state index is 13.2. The first-order chi connectivity index (χ1) is 9.06. The van der Waals surface area contributed by atoms with Crippen LogP contribution in [-0.2, 0) is 6.54 Å². The Labute approximate surface area is 120 Å². The molecule has 0 amide bonds. The van der Waals surface area contributed by atoms with Gasteiger partial charge in [0.25, 0.3) is 0 Å². The number of aromatic nitrogens is 1. The predicted molar refractivity (Wildman–Crippen MR) is 76.1 cm³/mol. The van der Waals surface area contributed by atoms with Gasteiger partial charge in [-0.25, -0.2) is 9.37 Å². The van der Waals surface area contributed by atoms with Crippen molar-refractivity contribution in [2.45, 2.75) is 20.4 Å². The van der Waals surface area contributed by atoms with Gasteiger partial charge in [0.15, 0.2) is 5.76 Å². The number of oxazole rings is 1. The van der Waals surface area contributed by atoms with Crippen molar-refractivity contribution in [2.24, 2.45) is 5.92 Å². The van der Waals surface area contributed by atoms with Crippen molar-refractivity contribution in [1.82, 2.24) is 10.3 Å². The van der Waals surface area contributed by atoms with E-state index >= 15 is 0 Å². The minimum atomic E-state index is -0.290. The molecule has 0 aliphatic heterocycles. The smallest absolute Gasteiger partial charge is 0.208 e. The second kappa shape index (κ2) is 6.30. The van der Waals surface area contributed by atoms with Gasteiger partial charge in [-0.3, -0.25) is 0 Å². The molecular weight excluding hydrogens is 311 g/mol. The third-order valence-electron chi connectivity index (χ3n) is 2.59. The highest BCUT2D eigenvalue weighted by Gasteiger charge is 2.08. The van der Waals surface area contributed by atoms with Crippen LogP contribution in [0.3, 0.4) is 0 Å². The van der Waals surface area contributed by atoms with E-state index in [1.807, 2.05) is 0 Å². The molecule has 19 heavy (non-hydrogen) atoms. The van der Waals surface area contributed by atoms with E-state index in [9.17, 15) is 4.39 Å². The van der Waals surface area contributed by atoms with Crippen LogP contribution in [0.2, 0.25) is 0 Å². The van der Waals surface area contributed by atoms with Gasteiger partial charge in [-0.1, -0.05) is 13.8 Å². The molecule has 102 valence electrons. The SMILES string of the molecule is CC(C)CNCc1ncc(-c2ccc(F)c(Br)c2)o1. The summed E-state index contributed by atoms with van der Waals surface area (Å²) < 4.78 is 19.2. The highest BCUT2D eigenvalue weighted by atomic mass is 79.9. The molecule has 2 aromatic rings. The fraction of sp³-hybridized carbons (Fsp3) is 0.357. The summed E-state index contributed by atoms with van der Waals surface area (Å²) >= 11 is 3.16. The maximum Gasteiger partial charge on any atom is 0.208 e. The largest absolute Gasteiger partial charge is 0.439 e. The minimum Gasteiger partial charge on any atom is -0.439 e. The van der Waals surface area contributed by atoms with Crippen LogP contribution in [0.4, 0.5) is 4.39 Å². The third-order valence-corrected chi connectivity index (χ3v) is 3.19. The molecule has 1 aromatic heterocycles. The lowest BCUT2D eigenvalue weighted by atomic mass is 10.2. The standard InChI is InChI=1S/C14H16BrFN2O/c1-9(2)6-17-8-14-18-7-13(19-14)10-3-4-12(16)11(15)5-10/h3-5,7,9,17H,6,8H2,1-2H3. The van der Waals surface area contributed by atoms with Crippen molar-refractivity contribution < 1.29 is 8.81 Å². The Bertz CT molecular complexity index is 554. The quantitative estimate of drug-likeness (QED) is 0.902. The van der Waals surface area contributed by atoms with Crippen LogP contribution in [0.5, 0.6) is 0 Å². The average Bonchev–Trinajstić information content (AvgIpc) is 2.81. The summed E-state index contributed by atoms with van der Waals surface area (Å²) in [4.78, 5) is 4.20. The van der Waals surface area contributed by atoms with E-state index in [-0.39, 0.29) is 5.82 Å². The molecule has 0 saturated heterocycles. The molecule has 0 aliphatic rings. The van der Waals surface area contributed by atoms with E-state index in [2.05, 4.69) is 40.1 Å². The van der Waals surface area contributed by atoms with E-state index in [4.69, 9.17) is 4.42 Å². The number of nitrogens with one attached hydrogen (secondary N) is 1. The monoisotopic (exact) mass is 326 g/mol. The summed E-state index contributed by atoms with van der Waals surface area (Å²) in [5.41, 5.74) is 0.802. The van der Waals surface area contributed by atoms with Crippen LogP contribution in [0.15, 0.2) is 33.3 Å². The van der Waals surface area contributed by atoms with Crippen molar-refractivity contribution in [2.75, 3.05) is 6.54 Å². The van der Waals surface area contributed by atoms with Crippen molar-refractivity contribution in [1.29, 1.82) is 0 Å². The molecule has 1 heterocycles. The van der Waals surface area contributed by atoms with E-state index in [1.54, 1.807) is 18.3 Å². The van der Waals surface area contributed by atoms with Gasteiger partial charge in [0.05, 0.1) is 17.2 Å². The number of halogens is 2. The van der Waals surface area contributed by atoms with Crippen molar-refractivity contribution >= 4 is 15.9 Å². The molecule has 0 spiro atoms. The zero-order valence-electron chi connectivity index (χ0n) is 10.9. The van der Waals surface area contributed by atoms with Gasteiger partial charge in [-0.05, 0) is 46.6 Å². The minimum absolute atomic E-state index is 0.290. The molecule has 0 radical (unpaired) electrons. The summed E-state index contributed by atoms with van der Waals surface area (Å²) in [6.45, 7) is 5.80. The molecule has 1 aromatic carbocycles. The summed E-state index contributed by atoms with van der Waals surface area (Å²) in [7, 11) is 0. The van der Waals surface area contributed by atoms with Gasteiger partial charge < -0.3 is 9.73 Å². The number of hydrogen-bond donors (Lipinski definition) is 1. The fourth-order valence-corrected chi connectivity index (χ4v) is 2.02. The van der Waals surface area contributed by atoms with Crippen molar-refractivity contribution in [3.05, 3.63) is 40.6 Å². The predicted octanol–water partition coefficient (Wildman–Crippen LogP) is 3.99. The molecule has 0 aliphatic carbocycles. The van der Waals surface area contributed by atoms with E-state index in [0.29, 0.717) is 28.6 Å². The second-order valence-electron chi connectivity index (χ2n) is 4.77. The Balaban J connectivity index is 2.05. The van der Waals surface area contributed by atoms with Crippen molar-refractivity contribution in [3.63, 3.8) is 0 Å². The molecule has 5 heteroatoms. The normalized spacial score (nSPS) is 11.2. The van der Waals surface area contributed by atoms with Gasteiger partial charge in [-0.15, -0.1) is 0 Å². The first-order valence-electron chi connectivity index (χ1n) is 6.17. The average molecular weight is 327 g/mol. The topological polar surface area (TPSA) is 38.1 Å². The summed E-state index contributed by atoms with van der Waals surface area (Å²) in [5, 5.41) is 3.26. The van der Waals surface area contributed by atoms with E-state index in [1.165, 1.54) is 6.07 Å². The van der Waals surface area contributed by atoms with Gasteiger partial charge in [0, 0.05) is 5.56 Å². The first-order valence-corrected chi connectivity index (χ1v) is 6.96. The molecule has 0 saturated carbocycles. The molecule has 0 bridgehead atoms. The van der Waals surface area contributed by atoms with E-state index < -0.39 is 0 Å². The summed E-state index contributed by atoms with van der Waals surface area (Å²) in [6.07, 6.45) is 1.66. The number of benzene rings is 1. The molecular formula is C14H16BrFN2O. The molecule has 1 N–H and O–H groups in total. The Kier molecular flexibility index (Phi) is 4.71. The lowest BCUT2D eigenvalue weighted by molar-refractivity contribution is 0.459. The lowest BCUT2D eigenvalue weighted by Crippen LogP contribution is -2.18. The van der Waals surface area contributed by atoms with Crippen LogP contribution in [0.1, 0.15) is 19.7 Å². The van der Waals surface area contributed by atoms with E-state index in [0.717, 1.165) is 12.1 Å². The van der Waals surface area contributed by atoms with Gasteiger partial charge in [0.1, 0.15) is 5.82 Å². The number of rotatable bonds is 5. The van der Waals surface area contributed by atoms with Crippen LogP contribution in [0, 0.1) is 11.7 Å². The molecule has 0 unspecified atom stereocenters. The Morgan fingerprint density at radius 2 is 2.21 bits per heavy atom. The third kappa shape index (κ3) is 3.88. The Hall–Kier alpha value is -1.20. The maximum absolute atomic E-state index is 13.2. The van der Waals surface area contributed by atoms with Crippen molar-refractivity contribution in [3.8, 4) is 11.3 Å². The molecule has 2 rings (SSSR count). The van der Waals surface area contributed by atoms with Crippen LogP contribution in [-0.4, -0.2) is 11.5 Å². The zero-order valence-corrected chi connectivity index (χ0v) is 12.5. The van der Waals surface area contributed by atoms with Gasteiger partial charge in [-0.2, -0.15) is 0 Å². The molecule has 0 atom stereocenters. The number of hydrogen-bond acceptors (Lipinski definition) is 3. The van der Waals surface area contributed by atoms with Crippen LogP contribution >= 0.6 is 15.9 Å². The number of nitrogens with zero attached hydrogens (tertiary/aromatic N) is 1. The molecule has 0 fully saturated rings. The molecule has 3 nitrogen and oxygen atoms in total. The van der Waals surface area contributed by atoms with Crippen LogP contribution < -0.4 is 5.32 Å².